The van der Waals surface area contributed by atoms with Crippen molar-refractivity contribution in [2.45, 2.75) is 19.5 Å². The van der Waals surface area contributed by atoms with Crippen molar-refractivity contribution in [3.8, 4) is 0 Å². The molecule has 142 valence electrons. The number of pyridine rings is 1. The van der Waals surface area contributed by atoms with Crippen molar-refractivity contribution in [3.05, 3.63) is 52.9 Å². The number of hydrogen-bond donors (Lipinski definition) is 1. The van der Waals surface area contributed by atoms with Gasteiger partial charge < -0.3 is 5.32 Å². The van der Waals surface area contributed by atoms with Crippen molar-refractivity contribution in [2.75, 3.05) is 18.9 Å². The summed E-state index contributed by atoms with van der Waals surface area (Å²) in [6.07, 6.45) is 1.58. The number of anilines is 1. The highest BCUT2D eigenvalue weighted by atomic mass is 79.9. The highest BCUT2D eigenvalue weighted by molar-refractivity contribution is 9.10. The van der Waals surface area contributed by atoms with Crippen LogP contribution in [0.2, 0.25) is 0 Å². The molecule has 3 aromatic rings. The van der Waals surface area contributed by atoms with Crippen LogP contribution >= 0.6 is 15.9 Å². The topological polar surface area (TPSA) is 63.1 Å². The number of halogens is 3. The molecule has 3 rings (SSSR count). The first-order chi connectivity index (χ1) is 12.9. The lowest BCUT2D eigenvalue weighted by Crippen LogP contribution is -2.33. The van der Waals surface area contributed by atoms with Gasteiger partial charge in [-0.15, -0.1) is 0 Å². The van der Waals surface area contributed by atoms with Crippen LogP contribution in [0.3, 0.4) is 0 Å². The molecule has 0 bridgehead atoms. The third-order valence-electron chi connectivity index (χ3n) is 4.24. The van der Waals surface area contributed by atoms with E-state index in [1.54, 1.807) is 61.5 Å². The molecule has 0 aliphatic heterocycles. The van der Waals surface area contributed by atoms with Crippen molar-refractivity contribution < 1.29 is 13.6 Å². The minimum Gasteiger partial charge on any atom is -0.310 e. The second kappa shape index (κ2) is 8.10. The molecule has 6 nitrogen and oxygen atoms in total. The minimum atomic E-state index is -2.72. The maximum atomic E-state index is 13.6. The molecule has 0 radical (unpaired) electrons. The predicted molar refractivity (Wildman–Crippen MR) is 103 cm³/mol. The molecule has 1 aromatic carbocycles. The van der Waals surface area contributed by atoms with E-state index in [9.17, 15) is 13.6 Å². The summed E-state index contributed by atoms with van der Waals surface area (Å²) in [7, 11) is 1.69. The third-order valence-corrected chi connectivity index (χ3v) is 4.71. The van der Waals surface area contributed by atoms with Gasteiger partial charge in [0.1, 0.15) is 11.6 Å². The van der Waals surface area contributed by atoms with Gasteiger partial charge in [-0.05, 0) is 54.2 Å². The summed E-state index contributed by atoms with van der Waals surface area (Å²) in [6.45, 7) is -0.972. The Hall–Kier alpha value is -2.39. The highest BCUT2D eigenvalue weighted by Gasteiger charge is 2.25. The average Bonchev–Trinajstić information content (AvgIpc) is 3.02. The molecule has 1 atom stereocenters. The zero-order chi connectivity index (χ0) is 19.6. The molecule has 1 unspecified atom stereocenters. The van der Waals surface area contributed by atoms with E-state index in [1.165, 1.54) is 0 Å². The number of carbonyl (C=O) groups excluding carboxylic acids is 1. The molecule has 1 N–H and O–H groups in total. The summed E-state index contributed by atoms with van der Waals surface area (Å²) in [5.74, 6) is 0.339. The van der Waals surface area contributed by atoms with E-state index in [2.05, 4.69) is 31.2 Å². The van der Waals surface area contributed by atoms with E-state index in [0.717, 1.165) is 9.04 Å². The number of carbonyl (C=O) groups is 1. The van der Waals surface area contributed by atoms with E-state index < -0.39 is 12.6 Å². The first-order valence-electron chi connectivity index (χ1n) is 8.23. The quantitative estimate of drug-likeness (QED) is 0.626. The normalized spacial score (nSPS) is 12.7. The molecular formula is C18H18BrF2N5O. The van der Waals surface area contributed by atoms with Crippen LogP contribution in [0.15, 0.2) is 47.1 Å². The number of alkyl halides is 2. The summed E-state index contributed by atoms with van der Waals surface area (Å²) in [5.41, 5.74) is 0.864. The van der Waals surface area contributed by atoms with Crippen LogP contribution in [0, 0.1) is 0 Å². The molecule has 0 aliphatic rings. The SMILES string of the molecule is CC(c1nc2ccccc2n1C(F)F)N(C)CC(=O)Nc1ccc(Br)cn1. The summed E-state index contributed by atoms with van der Waals surface area (Å²) < 4.78 is 28.9. The molecule has 2 aromatic heterocycles. The average molecular weight is 438 g/mol. The Balaban J connectivity index is 1.76. The number of imidazole rings is 1. The number of nitrogens with one attached hydrogen (secondary N) is 1. The molecule has 27 heavy (non-hydrogen) atoms. The fourth-order valence-electron chi connectivity index (χ4n) is 2.76. The smallest absolute Gasteiger partial charge is 0.310 e. The van der Waals surface area contributed by atoms with E-state index in [1.807, 2.05) is 0 Å². The van der Waals surface area contributed by atoms with Crippen molar-refractivity contribution in [1.29, 1.82) is 0 Å². The van der Waals surface area contributed by atoms with Gasteiger partial charge >= 0.3 is 6.55 Å². The summed E-state index contributed by atoms with van der Waals surface area (Å²) in [5, 5.41) is 2.68. The van der Waals surface area contributed by atoms with Gasteiger partial charge in [0.25, 0.3) is 0 Å². The first-order valence-corrected chi connectivity index (χ1v) is 9.02. The minimum absolute atomic E-state index is 0.00531. The van der Waals surface area contributed by atoms with E-state index in [4.69, 9.17) is 0 Å². The molecule has 0 spiro atoms. The number of benzene rings is 1. The van der Waals surface area contributed by atoms with E-state index in [-0.39, 0.29) is 18.3 Å². The molecule has 0 saturated heterocycles. The number of hydrogen-bond acceptors (Lipinski definition) is 4. The van der Waals surface area contributed by atoms with Gasteiger partial charge in [-0.25, -0.2) is 9.97 Å². The van der Waals surface area contributed by atoms with Gasteiger partial charge in [0.05, 0.1) is 23.6 Å². The third kappa shape index (κ3) is 4.30. The number of para-hydroxylation sites is 2. The summed E-state index contributed by atoms with van der Waals surface area (Å²) >= 11 is 3.28. The molecule has 9 heteroatoms. The molecule has 2 heterocycles. The Bertz CT molecular complexity index is 945. The number of likely N-dealkylation sites (N-methyl/N-ethyl adjacent to an activating group) is 1. The standard InChI is InChI=1S/C18H18BrF2N5O/c1-11(17-23-13-5-3-4-6-14(13)26(17)18(20)21)25(2)10-16(27)24-15-8-7-12(19)9-22-15/h3-9,11,18H,10H2,1-2H3,(H,22,24,27). The first kappa shape index (κ1) is 19.4. The maximum absolute atomic E-state index is 13.6. The van der Waals surface area contributed by atoms with E-state index >= 15 is 0 Å². The van der Waals surface area contributed by atoms with Gasteiger partial charge in [-0.2, -0.15) is 8.78 Å². The van der Waals surface area contributed by atoms with E-state index in [0.29, 0.717) is 16.9 Å². The van der Waals surface area contributed by atoms with Crippen LogP contribution in [0.5, 0.6) is 0 Å². The monoisotopic (exact) mass is 437 g/mol. The molecular weight excluding hydrogens is 420 g/mol. The Morgan fingerprint density at radius 2 is 2.04 bits per heavy atom. The number of aromatic nitrogens is 3. The largest absolute Gasteiger partial charge is 0.320 e. The zero-order valence-electron chi connectivity index (χ0n) is 14.7. The Labute approximate surface area is 163 Å². The second-order valence-corrected chi connectivity index (χ2v) is 7.02. The highest BCUT2D eigenvalue weighted by Crippen LogP contribution is 2.28. The fourth-order valence-corrected chi connectivity index (χ4v) is 2.99. The molecule has 0 fully saturated rings. The van der Waals surface area contributed by atoms with Crippen molar-refractivity contribution in [3.63, 3.8) is 0 Å². The van der Waals surface area contributed by atoms with Gasteiger partial charge in [0.15, 0.2) is 0 Å². The van der Waals surface area contributed by atoms with Crippen molar-refractivity contribution in [2.24, 2.45) is 0 Å². The van der Waals surface area contributed by atoms with Crippen LogP contribution in [-0.4, -0.2) is 38.9 Å². The van der Waals surface area contributed by atoms with Gasteiger partial charge in [0, 0.05) is 10.7 Å². The molecule has 1 amide bonds. The van der Waals surface area contributed by atoms with Crippen LogP contribution in [0.4, 0.5) is 14.6 Å². The van der Waals surface area contributed by atoms with Gasteiger partial charge in [-0.3, -0.25) is 14.3 Å². The lowest BCUT2D eigenvalue weighted by atomic mass is 10.2. The molecule has 0 aliphatic carbocycles. The molecule has 0 saturated carbocycles. The Morgan fingerprint density at radius 1 is 1.30 bits per heavy atom. The number of nitrogens with zero attached hydrogens (tertiary/aromatic N) is 4. The summed E-state index contributed by atoms with van der Waals surface area (Å²) in [4.78, 5) is 22.3. The number of rotatable bonds is 6. The van der Waals surface area contributed by atoms with Crippen LogP contribution < -0.4 is 5.32 Å². The van der Waals surface area contributed by atoms with Crippen LogP contribution in [0.25, 0.3) is 11.0 Å². The Kier molecular flexibility index (Phi) is 5.81. The van der Waals surface area contributed by atoms with Crippen LogP contribution in [0.1, 0.15) is 25.3 Å². The zero-order valence-corrected chi connectivity index (χ0v) is 16.3. The van der Waals surface area contributed by atoms with Crippen molar-refractivity contribution >= 4 is 38.7 Å². The number of amides is 1. The Morgan fingerprint density at radius 3 is 2.70 bits per heavy atom. The lowest BCUT2D eigenvalue weighted by Gasteiger charge is -2.24. The number of fused-ring (bicyclic) bond motifs is 1. The predicted octanol–water partition coefficient (Wildman–Crippen LogP) is 4.22. The van der Waals surface area contributed by atoms with Gasteiger partial charge in [-0.1, -0.05) is 12.1 Å². The maximum Gasteiger partial charge on any atom is 0.320 e. The summed E-state index contributed by atoms with van der Waals surface area (Å²) in [6, 6.07) is 9.69. The van der Waals surface area contributed by atoms with Crippen LogP contribution in [-0.2, 0) is 4.79 Å². The fraction of sp³-hybridized carbons (Fsp3) is 0.278. The second-order valence-electron chi connectivity index (χ2n) is 6.11. The van der Waals surface area contributed by atoms with Gasteiger partial charge in [0.2, 0.25) is 5.91 Å². The van der Waals surface area contributed by atoms with Crippen molar-refractivity contribution in [1.82, 2.24) is 19.4 Å². The lowest BCUT2D eigenvalue weighted by molar-refractivity contribution is -0.117.